The van der Waals surface area contributed by atoms with Crippen LogP contribution in [0.2, 0.25) is 0 Å². The van der Waals surface area contributed by atoms with Crippen molar-refractivity contribution in [2.45, 2.75) is 49.9 Å². The quantitative estimate of drug-likeness (QED) is 0.522. The topological polar surface area (TPSA) is 29.3 Å². The summed E-state index contributed by atoms with van der Waals surface area (Å²) in [6.45, 7) is 2.37. The van der Waals surface area contributed by atoms with E-state index < -0.39 is 0 Å². The summed E-state index contributed by atoms with van der Waals surface area (Å²) in [6, 6.07) is 2.14. The van der Waals surface area contributed by atoms with E-state index in [0.717, 1.165) is 12.1 Å². The normalized spacial score (nSPS) is 64.8. The van der Waals surface area contributed by atoms with Crippen molar-refractivity contribution < 1.29 is 0 Å². The highest BCUT2D eigenvalue weighted by Crippen LogP contribution is 2.57. The Morgan fingerprint density at radius 3 is 2.80 bits per heavy atom. The minimum atomic E-state index is 0.501. The van der Waals surface area contributed by atoms with Crippen molar-refractivity contribution in [3.8, 4) is 0 Å². The minimum Gasteiger partial charge on any atom is -0.326 e. The predicted molar refractivity (Wildman–Crippen MR) is 39.6 cm³/mol. The van der Waals surface area contributed by atoms with Crippen LogP contribution in [0.1, 0.15) is 26.2 Å². The smallest absolute Gasteiger partial charge is 0.0273 e. The van der Waals surface area contributed by atoms with Crippen LogP contribution in [0.15, 0.2) is 0 Å². The molecule has 3 aliphatic heterocycles. The summed E-state index contributed by atoms with van der Waals surface area (Å²) in [5, 5.41) is 0. The molecule has 3 fully saturated rings. The van der Waals surface area contributed by atoms with Gasteiger partial charge in [0.2, 0.25) is 0 Å². The van der Waals surface area contributed by atoms with Gasteiger partial charge in [0, 0.05) is 23.7 Å². The fraction of sp³-hybridized carbons (Fsp3) is 1.00. The van der Waals surface area contributed by atoms with Crippen molar-refractivity contribution >= 4 is 0 Å². The standard InChI is InChI=1S/C8H14N2/c1-8-3-5-2-6(9)7(4-8)10(5)8/h5-7H,2-4,9H2,1H3. The van der Waals surface area contributed by atoms with Gasteiger partial charge in [-0.1, -0.05) is 0 Å². The first-order valence-electron chi connectivity index (χ1n) is 4.25. The number of hydrogen-bond acceptors (Lipinski definition) is 2. The van der Waals surface area contributed by atoms with E-state index in [2.05, 4.69) is 11.8 Å². The van der Waals surface area contributed by atoms with Gasteiger partial charge in [-0.15, -0.1) is 0 Å². The molecular formula is C8H14N2. The maximum atomic E-state index is 5.95. The molecular weight excluding hydrogens is 124 g/mol. The van der Waals surface area contributed by atoms with Gasteiger partial charge in [0.1, 0.15) is 0 Å². The van der Waals surface area contributed by atoms with Gasteiger partial charge >= 0.3 is 0 Å². The van der Waals surface area contributed by atoms with Crippen LogP contribution in [-0.4, -0.2) is 28.6 Å². The Labute approximate surface area is 61.4 Å². The molecule has 0 aromatic heterocycles. The van der Waals surface area contributed by atoms with Gasteiger partial charge in [0.15, 0.2) is 0 Å². The molecule has 2 N–H and O–H groups in total. The number of piperidine rings is 1. The van der Waals surface area contributed by atoms with E-state index in [4.69, 9.17) is 5.73 Å². The molecule has 0 aromatic rings. The Kier molecular flexibility index (Phi) is 0.710. The van der Waals surface area contributed by atoms with E-state index in [1.807, 2.05) is 0 Å². The highest BCUT2D eigenvalue weighted by Gasteiger charge is 2.65. The second kappa shape index (κ2) is 1.28. The minimum absolute atomic E-state index is 0.501. The Balaban J connectivity index is 1.93. The lowest BCUT2D eigenvalue weighted by Gasteiger charge is -2.65. The lowest BCUT2D eigenvalue weighted by molar-refractivity contribution is -0.154. The number of hydrogen-bond donors (Lipinski definition) is 1. The molecule has 3 heterocycles. The molecule has 0 aromatic carbocycles. The number of rotatable bonds is 0. The van der Waals surface area contributed by atoms with Crippen LogP contribution in [0.5, 0.6) is 0 Å². The molecule has 0 radical (unpaired) electrons. The monoisotopic (exact) mass is 138 g/mol. The Bertz CT molecular complexity index is 190. The van der Waals surface area contributed by atoms with Crippen LogP contribution in [0, 0.1) is 0 Å². The molecule has 56 valence electrons. The Morgan fingerprint density at radius 1 is 1.50 bits per heavy atom. The third-order valence-corrected chi connectivity index (χ3v) is 3.74. The van der Waals surface area contributed by atoms with Gasteiger partial charge in [-0.05, 0) is 26.2 Å². The first kappa shape index (κ1) is 5.56. The van der Waals surface area contributed by atoms with E-state index in [1.165, 1.54) is 19.3 Å². The zero-order chi connectivity index (χ0) is 6.93. The predicted octanol–water partition coefficient (Wildman–Crippen LogP) is 0.323. The number of nitrogens with two attached hydrogens (primary N) is 1. The Morgan fingerprint density at radius 2 is 2.30 bits per heavy atom. The molecule has 0 aliphatic carbocycles. The molecule has 4 unspecified atom stereocenters. The van der Waals surface area contributed by atoms with E-state index in [-0.39, 0.29) is 0 Å². The third-order valence-electron chi connectivity index (χ3n) is 3.74. The first-order valence-corrected chi connectivity index (χ1v) is 4.25. The Hall–Kier alpha value is -0.0800. The fourth-order valence-electron chi connectivity index (χ4n) is 3.36. The third kappa shape index (κ3) is 0.372. The molecule has 0 bridgehead atoms. The maximum absolute atomic E-state index is 5.95. The molecule has 2 nitrogen and oxygen atoms in total. The van der Waals surface area contributed by atoms with Crippen LogP contribution >= 0.6 is 0 Å². The second-order valence-electron chi connectivity index (χ2n) is 4.43. The zero-order valence-corrected chi connectivity index (χ0v) is 6.38. The molecule has 3 saturated heterocycles. The zero-order valence-electron chi connectivity index (χ0n) is 6.38. The van der Waals surface area contributed by atoms with Gasteiger partial charge in [-0.25, -0.2) is 0 Å². The van der Waals surface area contributed by atoms with E-state index in [0.29, 0.717) is 11.6 Å². The molecule has 10 heavy (non-hydrogen) atoms. The van der Waals surface area contributed by atoms with Crippen molar-refractivity contribution in [3.05, 3.63) is 0 Å². The fourth-order valence-corrected chi connectivity index (χ4v) is 3.36. The summed E-state index contributed by atoms with van der Waals surface area (Å²) in [7, 11) is 0. The maximum Gasteiger partial charge on any atom is 0.0273 e. The van der Waals surface area contributed by atoms with Crippen molar-refractivity contribution in [2.24, 2.45) is 5.73 Å². The van der Waals surface area contributed by atoms with Gasteiger partial charge in [0.05, 0.1) is 0 Å². The summed E-state index contributed by atoms with van der Waals surface area (Å²) in [5.41, 5.74) is 6.55. The summed E-state index contributed by atoms with van der Waals surface area (Å²) in [6.07, 6.45) is 4.04. The van der Waals surface area contributed by atoms with Crippen LogP contribution in [0.25, 0.3) is 0 Å². The van der Waals surface area contributed by atoms with Crippen LogP contribution in [0.3, 0.4) is 0 Å². The lowest BCUT2D eigenvalue weighted by Crippen LogP contribution is -2.74. The van der Waals surface area contributed by atoms with Crippen molar-refractivity contribution in [1.29, 1.82) is 0 Å². The van der Waals surface area contributed by atoms with Crippen molar-refractivity contribution in [3.63, 3.8) is 0 Å². The summed E-state index contributed by atoms with van der Waals surface area (Å²) in [5.74, 6) is 0. The van der Waals surface area contributed by atoms with E-state index in [1.54, 1.807) is 0 Å². The summed E-state index contributed by atoms with van der Waals surface area (Å²) in [4.78, 5) is 2.64. The highest BCUT2D eigenvalue weighted by molar-refractivity contribution is 5.22. The molecule has 3 aliphatic rings. The van der Waals surface area contributed by atoms with Gasteiger partial charge in [-0.2, -0.15) is 0 Å². The number of nitrogens with zero attached hydrogens (tertiary/aromatic N) is 1. The average Bonchev–Trinajstić information content (AvgIpc) is 1.92. The first-order chi connectivity index (χ1) is 4.71. The summed E-state index contributed by atoms with van der Waals surface area (Å²) < 4.78 is 0. The van der Waals surface area contributed by atoms with Crippen LogP contribution in [-0.2, 0) is 0 Å². The molecule has 0 spiro atoms. The van der Waals surface area contributed by atoms with Gasteiger partial charge in [-0.3, -0.25) is 4.90 Å². The van der Waals surface area contributed by atoms with Crippen molar-refractivity contribution in [1.82, 2.24) is 4.90 Å². The SMILES string of the molecule is CC12CC3CC(N)C(C1)N32. The van der Waals surface area contributed by atoms with Gasteiger partial charge in [0.25, 0.3) is 0 Å². The molecule has 0 amide bonds. The van der Waals surface area contributed by atoms with Crippen LogP contribution in [0.4, 0.5) is 0 Å². The van der Waals surface area contributed by atoms with Crippen molar-refractivity contribution in [2.75, 3.05) is 0 Å². The molecule has 4 atom stereocenters. The molecule has 2 heteroatoms. The lowest BCUT2D eigenvalue weighted by atomic mass is 9.69. The molecule has 0 saturated carbocycles. The second-order valence-corrected chi connectivity index (χ2v) is 4.43. The average molecular weight is 138 g/mol. The van der Waals surface area contributed by atoms with Crippen LogP contribution < -0.4 is 5.73 Å². The van der Waals surface area contributed by atoms with Gasteiger partial charge < -0.3 is 5.73 Å². The van der Waals surface area contributed by atoms with E-state index >= 15 is 0 Å². The largest absolute Gasteiger partial charge is 0.326 e. The molecule has 3 rings (SSSR count). The summed E-state index contributed by atoms with van der Waals surface area (Å²) >= 11 is 0. The highest BCUT2D eigenvalue weighted by atomic mass is 15.4. The van der Waals surface area contributed by atoms with E-state index in [9.17, 15) is 0 Å².